The summed E-state index contributed by atoms with van der Waals surface area (Å²) < 4.78 is 1.81. The Bertz CT molecular complexity index is 625. The predicted octanol–water partition coefficient (Wildman–Crippen LogP) is 3.12. The van der Waals surface area contributed by atoms with E-state index >= 15 is 0 Å². The van der Waals surface area contributed by atoms with E-state index in [1.807, 2.05) is 17.9 Å². The van der Waals surface area contributed by atoms with Crippen molar-refractivity contribution < 1.29 is 0 Å². The third-order valence-electron chi connectivity index (χ3n) is 2.89. The molecule has 0 radical (unpaired) electrons. The van der Waals surface area contributed by atoms with Gasteiger partial charge in [-0.3, -0.25) is 4.68 Å². The van der Waals surface area contributed by atoms with Gasteiger partial charge in [0.1, 0.15) is 0 Å². The molecule has 0 spiro atoms. The third-order valence-corrected chi connectivity index (χ3v) is 3.22. The molecule has 2 rings (SSSR count). The van der Waals surface area contributed by atoms with Crippen LogP contribution < -0.4 is 5.32 Å². The molecular formula is C14H15ClN4. The van der Waals surface area contributed by atoms with Crippen LogP contribution in [-0.2, 0) is 20.0 Å². The molecule has 98 valence electrons. The maximum atomic E-state index is 8.89. The van der Waals surface area contributed by atoms with Gasteiger partial charge in [-0.05, 0) is 24.6 Å². The van der Waals surface area contributed by atoms with E-state index in [1.165, 1.54) is 0 Å². The zero-order valence-electron chi connectivity index (χ0n) is 10.9. The molecule has 0 atom stereocenters. The number of anilines is 1. The van der Waals surface area contributed by atoms with E-state index in [4.69, 9.17) is 16.9 Å². The van der Waals surface area contributed by atoms with E-state index in [2.05, 4.69) is 23.4 Å². The third kappa shape index (κ3) is 3.07. The Labute approximate surface area is 117 Å². The first-order valence-corrected chi connectivity index (χ1v) is 6.46. The summed E-state index contributed by atoms with van der Waals surface area (Å²) in [5.41, 5.74) is 3.58. The average Bonchev–Trinajstić information content (AvgIpc) is 2.78. The van der Waals surface area contributed by atoms with E-state index in [9.17, 15) is 0 Å². The van der Waals surface area contributed by atoms with Crippen molar-refractivity contribution in [2.45, 2.75) is 19.9 Å². The summed E-state index contributed by atoms with van der Waals surface area (Å²) in [5.74, 6) is 0. The molecule has 0 aliphatic rings. The second-order valence-electron chi connectivity index (χ2n) is 4.29. The topological polar surface area (TPSA) is 53.6 Å². The average molecular weight is 275 g/mol. The lowest BCUT2D eigenvalue weighted by atomic mass is 10.2. The van der Waals surface area contributed by atoms with Crippen LogP contribution in [0.3, 0.4) is 0 Å². The van der Waals surface area contributed by atoms with E-state index in [0.29, 0.717) is 17.1 Å². The van der Waals surface area contributed by atoms with Crippen molar-refractivity contribution in [3.63, 3.8) is 0 Å². The zero-order valence-corrected chi connectivity index (χ0v) is 11.7. The van der Waals surface area contributed by atoms with Crippen molar-refractivity contribution in [2.75, 3.05) is 5.32 Å². The van der Waals surface area contributed by atoms with Gasteiger partial charge in [0.2, 0.25) is 0 Å². The molecule has 2 aromatic rings. The molecule has 0 amide bonds. The summed E-state index contributed by atoms with van der Waals surface area (Å²) in [5, 5.41) is 17.1. The fourth-order valence-electron chi connectivity index (χ4n) is 1.95. The van der Waals surface area contributed by atoms with Gasteiger partial charge in [-0.2, -0.15) is 10.4 Å². The summed E-state index contributed by atoms with van der Waals surface area (Å²) in [6.45, 7) is 2.72. The predicted molar refractivity (Wildman–Crippen MR) is 76.1 cm³/mol. The molecule has 0 fully saturated rings. The summed E-state index contributed by atoms with van der Waals surface area (Å²) in [6, 6.07) is 7.29. The van der Waals surface area contributed by atoms with Gasteiger partial charge >= 0.3 is 0 Å². The van der Waals surface area contributed by atoms with Crippen LogP contribution in [0.4, 0.5) is 5.69 Å². The SMILES string of the molecule is CCc1nn(C)cc1CNc1cc(C#N)ccc1Cl. The number of hydrogen-bond acceptors (Lipinski definition) is 3. The highest BCUT2D eigenvalue weighted by atomic mass is 35.5. The molecule has 1 aromatic heterocycles. The number of rotatable bonds is 4. The van der Waals surface area contributed by atoms with E-state index in [-0.39, 0.29) is 0 Å². The number of halogens is 1. The van der Waals surface area contributed by atoms with Crippen molar-refractivity contribution in [2.24, 2.45) is 7.05 Å². The van der Waals surface area contributed by atoms with Crippen molar-refractivity contribution in [3.8, 4) is 6.07 Å². The molecule has 19 heavy (non-hydrogen) atoms. The minimum Gasteiger partial charge on any atom is -0.380 e. The van der Waals surface area contributed by atoms with Crippen LogP contribution >= 0.6 is 11.6 Å². The number of aromatic nitrogens is 2. The molecule has 0 saturated heterocycles. The van der Waals surface area contributed by atoms with Gasteiger partial charge in [-0.15, -0.1) is 0 Å². The van der Waals surface area contributed by atoms with E-state index in [1.54, 1.807) is 18.2 Å². The van der Waals surface area contributed by atoms with Crippen molar-refractivity contribution in [3.05, 3.63) is 46.2 Å². The molecule has 4 nitrogen and oxygen atoms in total. The van der Waals surface area contributed by atoms with Gasteiger partial charge in [0.05, 0.1) is 28.0 Å². The van der Waals surface area contributed by atoms with Crippen molar-refractivity contribution in [1.29, 1.82) is 5.26 Å². The van der Waals surface area contributed by atoms with Crippen molar-refractivity contribution in [1.82, 2.24) is 9.78 Å². The van der Waals surface area contributed by atoms with Crippen LogP contribution in [0.15, 0.2) is 24.4 Å². The molecule has 5 heteroatoms. The van der Waals surface area contributed by atoms with Crippen LogP contribution in [0.25, 0.3) is 0 Å². The molecule has 0 aliphatic heterocycles. The Balaban J connectivity index is 2.16. The number of hydrogen-bond donors (Lipinski definition) is 1. The van der Waals surface area contributed by atoms with Gasteiger partial charge in [-0.1, -0.05) is 18.5 Å². The lowest BCUT2D eigenvalue weighted by Crippen LogP contribution is -2.01. The van der Waals surface area contributed by atoms with Crippen LogP contribution in [-0.4, -0.2) is 9.78 Å². The molecule has 0 saturated carbocycles. The first-order chi connectivity index (χ1) is 9.13. The number of nitrogens with one attached hydrogen (secondary N) is 1. The maximum Gasteiger partial charge on any atom is 0.0992 e. The fourth-order valence-corrected chi connectivity index (χ4v) is 2.13. The van der Waals surface area contributed by atoms with Crippen LogP contribution in [0, 0.1) is 11.3 Å². The first-order valence-electron chi connectivity index (χ1n) is 6.09. The van der Waals surface area contributed by atoms with Crippen LogP contribution in [0.2, 0.25) is 5.02 Å². The Hall–Kier alpha value is -1.99. The number of nitriles is 1. The highest BCUT2D eigenvalue weighted by Gasteiger charge is 2.07. The number of nitrogens with zero attached hydrogens (tertiary/aromatic N) is 3. The Morgan fingerprint density at radius 2 is 2.26 bits per heavy atom. The normalized spacial score (nSPS) is 10.2. The Kier molecular flexibility index (Phi) is 4.08. The molecule has 1 aromatic carbocycles. The monoisotopic (exact) mass is 274 g/mol. The van der Waals surface area contributed by atoms with Crippen LogP contribution in [0.1, 0.15) is 23.7 Å². The standard InChI is InChI=1S/C14H15ClN4/c1-3-13-11(9-19(2)18-13)8-17-14-6-10(7-16)4-5-12(14)15/h4-6,9,17H,3,8H2,1-2H3. The second kappa shape index (κ2) is 5.77. The number of aryl methyl sites for hydroxylation is 2. The zero-order chi connectivity index (χ0) is 13.8. The molecule has 1 N–H and O–H groups in total. The van der Waals surface area contributed by atoms with Gasteiger partial charge in [-0.25, -0.2) is 0 Å². The summed E-state index contributed by atoms with van der Waals surface area (Å²) in [4.78, 5) is 0. The number of benzene rings is 1. The fraction of sp³-hybridized carbons (Fsp3) is 0.286. The largest absolute Gasteiger partial charge is 0.380 e. The molecule has 1 heterocycles. The van der Waals surface area contributed by atoms with Crippen LogP contribution in [0.5, 0.6) is 0 Å². The van der Waals surface area contributed by atoms with E-state index < -0.39 is 0 Å². The maximum absolute atomic E-state index is 8.89. The quantitative estimate of drug-likeness (QED) is 0.932. The van der Waals surface area contributed by atoms with Gasteiger partial charge in [0.25, 0.3) is 0 Å². The minimum absolute atomic E-state index is 0.591. The summed E-state index contributed by atoms with van der Waals surface area (Å²) in [6.07, 6.45) is 2.89. The smallest absolute Gasteiger partial charge is 0.0992 e. The Morgan fingerprint density at radius 1 is 1.47 bits per heavy atom. The molecular weight excluding hydrogens is 260 g/mol. The highest BCUT2D eigenvalue weighted by Crippen LogP contribution is 2.23. The lowest BCUT2D eigenvalue weighted by Gasteiger charge is -2.08. The molecule has 0 aliphatic carbocycles. The minimum atomic E-state index is 0.591. The summed E-state index contributed by atoms with van der Waals surface area (Å²) >= 11 is 6.11. The van der Waals surface area contributed by atoms with Gasteiger partial charge < -0.3 is 5.32 Å². The second-order valence-corrected chi connectivity index (χ2v) is 4.70. The highest BCUT2D eigenvalue weighted by molar-refractivity contribution is 6.33. The van der Waals surface area contributed by atoms with Crippen molar-refractivity contribution >= 4 is 17.3 Å². The van der Waals surface area contributed by atoms with E-state index in [0.717, 1.165) is 23.4 Å². The molecule has 0 unspecified atom stereocenters. The summed E-state index contributed by atoms with van der Waals surface area (Å²) in [7, 11) is 1.91. The van der Waals surface area contributed by atoms with Gasteiger partial charge in [0.15, 0.2) is 0 Å². The first kappa shape index (κ1) is 13.4. The van der Waals surface area contributed by atoms with Gasteiger partial charge in [0, 0.05) is 25.4 Å². The lowest BCUT2D eigenvalue weighted by molar-refractivity contribution is 0.746. The Morgan fingerprint density at radius 3 is 2.95 bits per heavy atom. The molecule has 0 bridgehead atoms.